The molecule has 1 aromatic rings. The van der Waals surface area contributed by atoms with Gasteiger partial charge in [0, 0.05) is 25.8 Å². The Labute approximate surface area is 96.7 Å². The van der Waals surface area contributed by atoms with E-state index in [0.29, 0.717) is 0 Å². The lowest BCUT2D eigenvalue weighted by atomic mass is 10.1. The normalized spacial score (nSPS) is 26.6. The molecule has 1 heterocycles. The molecular formula is C12H21N3O. The van der Waals surface area contributed by atoms with E-state index in [2.05, 4.69) is 10.4 Å². The highest BCUT2D eigenvalue weighted by Gasteiger charge is 2.20. The van der Waals surface area contributed by atoms with Crippen molar-refractivity contribution in [2.24, 2.45) is 7.05 Å². The molecule has 1 aromatic heterocycles. The first kappa shape index (κ1) is 11.6. The summed E-state index contributed by atoms with van der Waals surface area (Å²) in [5.74, 6) is 0. The molecule has 0 aliphatic heterocycles. The third kappa shape index (κ3) is 2.83. The molecule has 16 heavy (non-hydrogen) atoms. The zero-order valence-electron chi connectivity index (χ0n) is 9.89. The van der Waals surface area contributed by atoms with E-state index in [-0.39, 0.29) is 12.1 Å². The number of hydrogen-bond donors (Lipinski definition) is 2. The van der Waals surface area contributed by atoms with Crippen LogP contribution in [0.2, 0.25) is 0 Å². The first-order valence-corrected chi connectivity index (χ1v) is 6.15. The van der Waals surface area contributed by atoms with E-state index >= 15 is 0 Å². The lowest BCUT2D eigenvalue weighted by Crippen LogP contribution is -2.38. The standard InChI is InChI=1S/C12H21N3O/c1-15-10(7-8-14-15)9-13-11-5-3-2-4-6-12(11)16/h7-8,11-13,16H,2-6,9H2,1H3. The van der Waals surface area contributed by atoms with Gasteiger partial charge in [-0.05, 0) is 18.9 Å². The van der Waals surface area contributed by atoms with Gasteiger partial charge in [-0.15, -0.1) is 0 Å². The van der Waals surface area contributed by atoms with Crippen LogP contribution in [0.5, 0.6) is 0 Å². The van der Waals surface area contributed by atoms with Gasteiger partial charge in [-0.1, -0.05) is 19.3 Å². The fourth-order valence-corrected chi connectivity index (χ4v) is 2.34. The van der Waals surface area contributed by atoms with Gasteiger partial charge in [-0.25, -0.2) is 0 Å². The fraction of sp³-hybridized carbons (Fsp3) is 0.750. The van der Waals surface area contributed by atoms with E-state index in [1.807, 2.05) is 17.8 Å². The molecule has 0 bridgehead atoms. The zero-order valence-corrected chi connectivity index (χ0v) is 9.89. The summed E-state index contributed by atoms with van der Waals surface area (Å²) in [4.78, 5) is 0. The van der Waals surface area contributed by atoms with Crippen molar-refractivity contribution in [1.29, 1.82) is 0 Å². The maximum absolute atomic E-state index is 9.96. The summed E-state index contributed by atoms with van der Waals surface area (Å²) in [6.45, 7) is 0.790. The Morgan fingerprint density at radius 2 is 2.25 bits per heavy atom. The summed E-state index contributed by atoms with van der Waals surface area (Å²) >= 11 is 0. The highest BCUT2D eigenvalue weighted by molar-refractivity contribution is 4.99. The van der Waals surface area contributed by atoms with Crippen LogP contribution in [-0.2, 0) is 13.6 Å². The SMILES string of the molecule is Cn1nccc1CNC1CCCCCC1O. The van der Waals surface area contributed by atoms with Gasteiger partial charge in [-0.3, -0.25) is 4.68 Å². The second kappa shape index (κ2) is 5.46. The average Bonchev–Trinajstić information content (AvgIpc) is 2.56. The van der Waals surface area contributed by atoms with Crippen LogP contribution < -0.4 is 5.32 Å². The van der Waals surface area contributed by atoms with E-state index in [9.17, 15) is 5.11 Å². The van der Waals surface area contributed by atoms with E-state index in [1.165, 1.54) is 12.8 Å². The second-order valence-corrected chi connectivity index (χ2v) is 4.64. The Kier molecular flexibility index (Phi) is 3.96. The molecule has 2 N–H and O–H groups in total. The Morgan fingerprint density at radius 1 is 1.44 bits per heavy atom. The fourth-order valence-electron chi connectivity index (χ4n) is 2.34. The molecule has 0 aromatic carbocycles. The third-order valence-corrected chi connectivity index (χ3v) is 3.45. The topological polar surface area (TPSA) is 50.1 Å². The van der Waals surface area contributed by atoms with Crippen LogP contribution in [0.1, 0.15) is 37.8 Å². The zero-order chi connectivity index (χ0) is 11.4. The molecule has 1 aliphatic rings. The number of nitrogens with zero attached hydrogens (tertiary/aromatic N) is 2. The number of aliphatic hydroxyl groups is 1. The van der Waals surface area contributed by atoms with Crippen molar-refractivity contribution in [1.82, 2.24) is 15.1 Å². The van der Waals surface area contributed by atoms with Crippen molar-refractivity contribution in [3.8, 4) is 0 Å². The van der Waals surface area contributed by atoms with Gasteiger partial charge in [0.05, 0.1) is 11.8 Å². The summed E-state index contributed by atoms with van der Waals surface area (Å²) in [6.07, 6.45) is 7.27. The largest absolute Gasteiger partial charge is 0.392 e. The molecular weight excluding hydrogens is 202 g/mol. The molecule has 0 amide bonds. The second-order valence-electron chi connectivity index (χ2n) is 4.64. The first-order chi connectivity index (χ1) is 7.77. The van der Waals surface area contributed by atoms with Gasteiger partial charge >= 0.3 is 0 Å². The van der Waals surface area contributed by atoms with E-state index in [4.69, 9.17) is 0 Å². The molecule has 0 radical (unpaired) electrons. The molecule has 2 unspecified atom stereocenters. The third-order valence-electron chi connectivity index (χ3n) is 3.45. The van der Waals surface area contributed by atoms with Crippen LogP contribution in [0.15, 0.2) is 12.3 Å². The van der Waals surface area contributed by atoms with Gasteiger partial charge in [0.1, 0.15) is 0 Å². The molecule has 1 saturated carbocycles. The van der Waals surface area contributed by atoms with Crippen molar-refractivity contribution < 1.29 is 5.11 Å². The molecule has 1 fully saturated rings. The maximum Gasteiger partial charge on any atom is 0.0693 e. The van der Waals surface area contributed by atoms with Gasteiger partial charge in [0.2, 0.25) is 0 Å². The van der Waals surface area contributed by atoms with Crippen LogP contribution in [0, 0.1) is 0 Å². The Bertz CT molecular complexity index is 324. The van der Waals surface area contributed by atoms with Crippen molar-refractivity contribution in [3.05, 3.63) is 18.0 Å². The molecule has 1 aliphatic carbocycles. The summed E-state index contributed by atoms with van der Waals surface area (Å²) in [5.41, 5.74) is 1.16. The summed E-state index contributed by atoms with van der Waals surface area (Å²) in [7, 11) is 1.94. The number of rotatable bonds is 3. The maximum atomic E-state index is 9.96. The number of aromatic nitrogens is 2. The van der Waals surface area contributed by atoms with Crippen LogP contribution in [0.4, 0.5) is 0 Å². The molecule has 0 saturated heterocycles. The van der Waals surface area contributed by atoms with Crippen molar-refractivity contribution >= 4 is 0 Å². The van der Waals surface area contributed by atoms with Crippen LogP contribution in [-0.4, -0.2) is 27.0 Å². The summed E-state index contributed by atoms with van der Waals surface area (Å²) in [5, 5.41) is 17.5. The lowest BCUT2D eigenvalue weighted by Gasteiger charge is -2.21. The van der Waals surface area contributed by atoms with Gasteiger partial charge in [0.25, 0.3) is 0 Å². The summed E-state index contributed by atoms with van der Waals surface area (Å²) in [6, 6.07) is 2.26. The van der Waals surface area contributed by atoms with Gasteiger partial charge < -0.3 is 10.4 Å². The average molecular weight is 223 g/mol. The monoisotopic (exact) mass is 223 g/mol. The van der Waals surface area contributed by atoms with E-state index in [0.717, 1.165) is 31.5 Å². The quantitative estimate of drug-likeness (QED) is 0.757. The van der Waals surface area contributed by atoms with Crippen LogP contribution in [0.25, 0.3) is 0 Å². The molecule has 90 valence electrons. The number of aryl methyl sites for hydroxylation is 1. The summed E-state index contributed by atoms with van der Waals surface area (Å²) < 4.78 is 1.87. The minimum Gasteiger partial charge on any atom is -0.392 e. The van der Waals surface area contributed by atoms with E-state index in [1.54, 1.807) is 6.20 Å². The molecule has 4 heteroatoms. The molecule has 2 rings (SSSR count). The Balaban J connectivity index is 1.86. The van der Waals surface area contributed by atoms with E-state index < -0.39 is 0 Å². The number of hydrogen-bond acceptors (Lipinski definition) is 3. The van der Waals surface area contributed by atoms with Crippen LogP contribution in [0.3, 0.4) is 0 Å². The van der Waals surface area contributed by atoms with Gasteiger partial charge in [-0.2, -0.15) is 5.10 Å². The molecule has 0 spiro atoms. The molecule has 2 atom stereocenters. The van der Waals surface area contributed by atoms with Crippen LogP contribution >= 0.6 is 0 Å². The van der Waals surface area contributed by atoms with Crippen molar-refractivity contribution in [3.63, 3.8) is 0 Å². The number of aliphatic hydroxyl groups excluding tert-OH is 1. The number of nitrogens with one attached hydrogen (secondary N) is 1. The lowest BCUT2D eigenvalue weighted by molar-refractivity contribution is 0.119. The first-order valence-electron chi connectivity index (χ1n) is 6.15. The highest BCUT2D eigenvalue weighted by atomic mass is 16.3. The minimum absolute atomic E-state index is 0.185. The van der Waals surface area contributed by atoms with Crippen molar-refractivity contribution in [2.75, 3.05) is 0 Å². The predicted octanol–water partition coefficient (Wildman–Crippen LogP) is 1.20. The Morgan fingerprint density at radius 3 is 3.00 bits per heavy atom. The van der Waals surface area contributed by atoms with Crippen molar-refractivity contribution in [2.45, 2.75) is 50.8 Å². The molecule has 4 nitrogen and oxygen atoms in total. The highest BCUT2D eigenvalue weighted by Crippen LogP contribution is 2.18. The minimum atomic E-state index is -0.185. The Hall–Kier alpha value is -0.870. The van der Waals surface area contributed by atoms with Gasteiger partial charge in [0.15, 0.2) is 0 Å². The predicted molar refractivity (Wildman–Crippen MR) is 62.9 cm³/mol. The smallest absolute Gasteiger partial charge is 0.0693 e.